The third-order valence-electron chi connectivity index (χ3n) is 5.09. The highest BCUT2D eigenvalue weighted by molar-refractivity contribution is 6.01. The number of hydrogen-bond donors (Lipinski definition) is 1. The third kappa shape index (κ3) is 3.78. The molecule has 27 heavy (non-hydrogen) atoms. The van der Waals surface area contributed by atoms with Crippen LogP contribution in [-0.4, -0.2) is 60.5 Å². The lowest BCUT2D eigenvalue weighted by Crippen LogP contribution is -2.35. The Hall–Kier alpha value is -2.55. The molecular formula is C18H20F3N3O3. The molecule has 2 heterocycles. The van der Waals surface area contributed by atoms with Gasteiger partial charge in [0.2, 0.25) is 0 Å². The zero-order valence-electron chi connectivity index (χ0n) is 14.7. The number of halogens is 3. The summed E-state index contributed by atoms with van der Waals surface area (Å²) < 4.78 is 44.8. The summed E-state index contributed by atoms with van der Waals surface area (Å²) in [5.74, 6) is -4.39. The summed E-state index contributed by atoms with van der Waals surface area (Å²) in [5, 5.41) is 0. The fourth-order valence-electron chi connectivity index (χ4n) is 3.64. The molecule has 9 heteroatoms. The number of hydrogen-bond acceptors (Lipinski definition) is 5. The first kappa shape index (κ1) is 19.2. The molecule has 0 spiro atoms. The van der Waals surface area contributed by atoms with E-state index in [2.05, 4.69) is 0 Å². The molecule has 0 unspecified atom stereocenters. The maximum absolute atomic E-state index is 13.7. The number of nitrogens with zero attached hydrogens (tertiary/aromatic N) is 2. The average Bonchev–Trinajstić information content (AvgIpc) is 3.22. The van der Waals surface area contributed by atoms with Crippen molar-refractivity contribution in [1.29, 1.82) is 0 Å². The van der Waals surface area contributed by atoms with Gasteiger partial charge in [0, 0.05) is 31.6 Å². The first-order valence-corrected chi connectivity index (χ1v) is 8.53. The lowest BCUT2D eigenvalue weighted by atomic mass is 10.0. The van der Waals surface area contributed by atoms with Crippen molar-refractivity contribution in [2.45, 2.75) is 18.5 Å². The number of carbonyl (C=O) groups excluding carboxylic acids is 2. The number of nitrogens with two attached hydrogens (primary N) is 1. The van der Waals surface area contributed by atoms with Crippen molar-refractivity contribution < 1.29 is 27.5 Å². The van der Waals surface area contributed by atoms with Gasteiger partial charge in [-0.3, -0.25) is 4.79 Å². The molecule has 2 aliphatic heterocycles. The fraction of sp³-hybridized carbons (Fsp3) is 0.444. The molecule has 1 aromatic carbocycles. The smallest absolute Gasteiger partial charge is 0.409 e. The highest BCUT2D eigenvalue weighted by atomic mass is 19.2. The van der Waals surface area contributed by atoms with Crippen LogP contribution in [0.2, 0.25) is 0 Å². The van der Waals surface area contributed by atoms with E-state index >= 15 is 0 Å². The molecule has 1 amide bonds. The first-order chi connectivity index (χ1) is 12.8. The van der Waals surface area contributed by atoms with Crippen LogP contribution in [0.3, 0.4) is 0 Å². The minimum atomic E-state index is -1.37. The van der Waals surface area contributed by atoms with Gasteiger partial charge in [0.1, 0.15) is 5.82 Å². The second-order valence-corrected chi connectivity index (χ2v) is 6.71. The number of carbonyl (C=O) groups is 2. The monoisotopic (exact) mass is 383 g/mol. The lowest BCUT2D eigenvalue weighted by Gasteiger charge is -2.23. The number of rotatable bonds is 4. The van der Waals surface area contributed by atoms with Crippen molar-refractivity contribution in [3.8, 4) is 0 Å². The van der Waals surface area contributed by atoms with Crippen molar-refractivity contribution >= 4 is 11.9 Å². The molecule has 146 valence electrons. The van der Waals surface area contributed by atoms with Crippen LogP contribution >= 0.6 is 0 Å². The summed E-state index contributed by atoms with van der Waals surface area (Å²) >= 11 is 0. The number of ether oxygens (including phenoxy) is 1. The standard InChI is InChI=1S/C18H20F3N3O3/c1-27-18(26)24-8-10-2-4-23(16(10)9-24)5-3-15(22)17(25)11-6-13(20)14(21)7-12(11)19/h3,5-7,10,15-16H,2,4,8-9,22H2,1H3/t10-,15+,16+/m0/s1. The summed E-state index contributed by atoms with van der Waals surface area (Å²) in [4.78, 5) is 27.5. The van der Waals surface area contributed by atoms with Gasteiger partial charge in [-0.25, -0.2) is 18.0 Å². The van der Waals surface area contributed by atoms with Crippen LogP contribution in [0.5, 0.6) is 0 Å². The van der Waals surface area contributed by atoms with Gasteiger partial charge in [-0.2, -0.15) is 0 Å². The Labute approximate surface area is 154 Å². The van der Waals surface area contributed by atoms with Crippen LogP contribution in [-0.2, 0) is 4.74 Å². The van der Waals surface area contributed by atoms with Crippen LogP contribution < -0.4 is 5.73 Å². The normalized spacial score (nSPS) is 23.0. The van der Waals surface area contributed by atoms with Crippen molar-refractivity contribution in [2.24, 2.45) is 11.7 Å². The molecule has 0 aromatic heterocycles. The molecule has 2 saturated heterocycles. The van der Waals surface area contributed by atoms with Gasteiger partial charge in [-0.15, -0.1) is 0 Å². The van der Waals surface area contributed by atoms with Crippen LogP contribution in [0, 0.1) is 23.4 Å². The molecule has 3 rings (SSSR count). The number of amides is 1. The molecule has 1 aromatic rings. The van der Waals surface area contributed by atoms with E-state index in [1.807, 2.05) is 4.90 Å². The van der Waals surface area contributed by atoms with E-state index in [9.17, 15) is 22.8 Å². The minimum absolute atomic E-state index is 0.0858. The second kappa shape index (κ2) is 7.59. The quantitative estimate of drug-likeness (QED) is 0.635. The molecular weight excluding hydrogens is 363 g/mol. The van der Waals surface area contributed by atoms with Crippen LogP contribution in [0.4, 0.5) is 18.0 Å². The van der Waals surface area contributed by atoms with Crippen molar-refractivity contribution in [1.82, 2.24) is 9.80 Å². The van der Waals surface area contributed by atoms with Gasteiger partial charge < -0.3 is 20.3 Å². The zero-order chi connectivity index (χ0) is 19.7. The topological polar surface area (TPSA) is 75.9 Å². The number of methoxy groups -OCH3 is 1. The third-order valence-corrected chi connectivity index (χ3v) is 5.09. The molecule has 0 saturated carbocycles. The van der Waals surface area contributed by atoms with Gasteiger partial charge in [-0.05, 0) is 24.8 Å². The van der Waals surface area contributed by atoms with E-state index in [0.717, 1.165) is 13.0 Å². The molecule has 0 aliphatic carbocycles. The van der Waals surface area contributed by atoms with E-state index in [1.165, 1.54) is 13.2 Å². The molecule has 6 nitrogen and oxygen atoms in total. The van der Waals surface area contributed by atoms with Crippen molar-refractivity contribution in [3.63, 3.8) is 0 Å². The molecule has 2 N–H and O–H groups in total. The van der Waals surface area contributed by atoms with Gasteiger partial charge in [0.05, 0.1) is 24.8 Å². The molecule has 3 atom stereocenters. The largest absolute Gasteiger partial charge is 0.453 e. The number of benzene rings is 1. The van der Waals surface area contributed by atoms with E-state index in [1.54, 1.807) is 11.1 Å². The predicted molar refractivity (Wildman–Crippen MR) is 90.3 cm³/mol. The number of likely N-dealkylation sites (tertiary alicyclic amines) is 2. The second-order valence-electron chi connectivity index (χ2n) is 6.71. The molecule has 0 bridgehead atoms. The Bertz CT molecular complexity index is 787. The Morgan fingerprint density at radius 3 is 2.63 bits per heavy atom. The fourth-order valence-corrected chi connectivity index (χ4v) is 3.64. The summed E-state index contributed by atoms with van der Waals surface area (Å²) in [5.41, 5.74) is 5.19. The number of Topliss-reactive ketones (excluding diaryl/α,β-unsaturated/α-hetero) is 1. The van der Waals surface area contributed by atoms with Gasteiger partial charge >= 0.3 is 6.09 Å². The lowest BCUT2D eigenvalue weighted by molar-refractivity contribution is 0.0972. The van der Waals surface area contributed by atoms with Crippen molar-refractivity contribution in [2.75, 3.05) is 26.7 Å². The SMILES string of the molecule is COC(=O)N1C[C@@H]2CCN(C=C[C@@H](N)C(=O)c3cc(F)c(F)cc3F)[C@@H]2C1. The van der Waals surface area contributed by atoms with E-state index in [0.29, 0.717) is 31.1 Å². The number of ketones is 1. The van der Waals surface area contributed by atoms with Gasteiger partial charge in [0.15, 0.2) is 17.4 Å². The maximum Gasteiger partial charge on any atom is 0.409 e. The van der Waals surface area contributed by atoms with Crippen molar-refractivity contribution in [3.05, 3.63) is 47.4 Å². The van der Waals surface area contributed by atoms with E-state index in [-0.39, 0.29) is 12.1 Å². The summed E-state index contributed by atoms with van der Waals surface area (Å²) in [6.45, 7) is 1.84. The summed E-state index contributed by atoms with van der Waals surface area (Å²) in [7, 11) is 1.33. The highest BCUT2D eigenvalue weighted by Gasteiger charge is 2.42. The molecule has 2 aliphatic rings. The minimum Gasteiger partial charge on any atom is -0.453 e. The van der Waals surface area contributed by atoms with E-state index in [4.69, 9.17) is 10.5 Å². The average molecular weight is 383 g/mol. The number of fused-ring (bicyclic) bond motifs is 1. The molecule has 0 radical (unpaired) electrons. The Balaban J connectivity index is 1.67. The Kier molecular flexibility index (Phi) is 5.41. The first-order valence-electron chi connectivity index (χ1n) is 8.53. The van der Waals surface area contributed by atoms with Gasteiger partial charge in [0.25, 0.3) is 0 Å². The van der Waals surface area contributed by atoms with Gasteiger partial charge in [-0.1, -0.05) is 0 Å². The summed E-state index contributed by atoms with van der Waals surface area (Å²) in [6, 6.07) is -0.286. The highest BCUT2D eigenvalue weighted by Crippen LogP contribution is 2.32. The summed E-state index contributed by atoms with van der Waals surface area (Å²) in [6.07, 6.45) is 3.54. The van der Waals surface area contributed by atoms with Crippen LogP contribution in [0.25, 0.3) is 0 Å². The van der Waals surface area contributed by atoms with Crippen LogP contribution in [0.15, 0.2) is 24.4 Å². The van der Waals surface area contributed by atoms with Crippen LogP contribution in [0.1, 0.15) is 16.8 Å². The Morgan fingerprint density at radius 1 is 1.22 bits per heavy atom. The van der Waals surface area contributed by atoms with E-state index < -0.39 is 34.8 Å². The molecule has 2 fully saturated rings. The Morgan fingerprint density at radius 2 is 1.93 bits per heavy atom. The predicted octanol–water partition coefficient (Wildman–Crippen LogP) is 1.90. The maximum atomic E-state index is 13.7. The zero-order valence-corrected chi connectivity index (χ0v) is 14.7.